The Morgan fingerprint density at radius 3 is 2.67 bits per heavy atom. The summed E-state index contributed by atoms with van der Waals surface area (Å²) in [6.07, 6.45) is 3.20. The molecule has 1 heteroatoms. The fourth-order valence-corrected chi connectivity index (χ4v) is 0.751. The predicted molar refractivity (Wildman–Crippen MR) is 42.6 cm³/mol. The van der Waals surface area contributed by atoms with E-state index in [4.69, 9.17) is 11.6 Å². The Hall–Kier alpha value is -0.150. The average Bonchev–Trinajstić information content (AvgIpc) is 1.80. The molecule has 0 saturated heterocycles. The minimum absolute atomic E-state index is 0.309. The van der Waals surface area contributed by atoms with Crippen LogP contribution in [0.5, 0.6) is 0 Å². The Morgan fingerprint density at radius 2 is 2.22 bits per heavy atom. The van der Waals surface area contributed by atoms with E-state index in [0.29, 0.717) is 5.38 Å². The zero-order valence-electron chi connectivity index (χ0n) is 6.08. The summed E-state index contributed by atoms with van der Waals surface area (Å²) in [4.78, 5) is 0. The minimum Gasteiger partial charge on any atom is -0.123 e. The van der Waals surface area contributed by atoms with E-state index in [-0.39, 0.29) is 0 Å². The summed E-state index contributed by atoms with van der Waals surface area (Å²) in [5.74, 6) is 5.84. The van der Waals surface area contributed by atoms with Crippen LogP contribution in [0.3, 0.4) is 0 Å². The van der Waals surface area contributed by atoms with Crippen molar-refractivity contribution < 1.29 is 0 Å². The summed E-state index contributed by atoms with van der Waals surface area (Å²) in [6.45, 7) is 3.88. The molecule has 0 spiro atoms. The molecule has 0 amide bonds. The third-order valence-electron chi connectivity index (χ3n) is 1.08. The average molecular weight is 145 g/mol. The van der Waals surface area contributed by atoms with Crippen LogP contribution in [0.4, 0.5) is 0 Å². The Labute approximate surface area is 62.6 Å². The van der Waals surface area contributed by atoms with Crippen molar-refractivity contribution in [3.63, 3.8) is 0 Å². The molecule has 0 rings (SSSR count). The first-order valence-electron chi connectivity index (χ1n) is 3.31. The van der Waals surface area contributed by atoms with Gasteiger partial charge in [0.05, 0.1) is 0 Å². The van der Waals surface area contributed by atoms with Crippen molar-refractivity contribution in [1.29, 1.82) is 0 Å². The summed E-state index contributed by atoms with van der Waals surface area (Å²) >= 11 is 5.71. The van der Waals surface area contributed by atoms with E-state index in [1.165, 1.54) is 0 Å². The van der Waals surface area contributed by atoms with Crippen molar-refractivity contribution in [3.8, 4) is 11.8 Å². The van der Waals surface area contributed by atoms with Crippen LogP contribution in [0.2, 0.25) is 0 Å². The molecule has 0 aromatic carbocycles. The van der Waals surface area contributed by atoms with E-state index in [1.54, 1.807) is 0 Å². The van der Waals surface area contributed by atoms with E-state index >= 15 is 0 Å². The van der Waals surface area contributed by atoms with Crippen LogP contribution in [0.1, 0.15) is 33.1 Å². The second-order valence-electron chi connectivity index (χ2n) is 2.10. The predicted octanol–water partition coefficient (Wildman–Crippen LogP) is 2.81. The van der Waals surface area contributed by atoms with Gasteiger partial charge in [-0.3, -0.25) is 0 Å². The standard InChI is InChI=1S/C8H13Cl/c1-3-4-5-6-7-8(2)9/h8H,5-7H2,1-2H3. The van der Waals surface area contributed by atoms with Gasteiger partial charge in [-0.2, -0.15) is 0 Å². The van der Waals surface area contributed by atoms with Gasteiger partial charge in [0.25, 0.3) is 0 Å². The van der Waals surface area contributed by atoms with Crippen LogP contribution in [0.15, 0.2) is 0 Å². The largest absolute Gasteiger partial charge is 0.123 e. The lowest BCUT2D eigenvalue weighted by Crippen LogP contribution is -1.88. The van der Waals surface area contributed by atoms with Crippen LogP contribution in [-0.2, 0) is 0 Å². The van der Waals surface area contributed by atoms with Gasteiger partial charge in [-0.15, -0.1) is 23.4 Å². The molecule has 0 aliphatic rings. The van der Waals surface area contributed by atoms with Gasteiger partial charge in [-0.25, -0.2) is 0 Å². The molecule has 1 unspecified atom stereocenters. The Morgan fingerprint density at radius 1 is 1.56 bits per heavy atom. The van der Waals surface area contributed by atoms with Gasteiger partial charge >= 0.3 is 0 Å². The van der Waals surface area contributed by atoms with E-state index < -0.39 is 0 Å². The van der Waals surface area contributed by atoms with E-state index in [9.17, 15) is 0 Å². The van der Waals surface area contributed by atoms with Crippen molar-refractivity contribution in [3.05, 3.63) is 0 Å². The lowest BCUT2D eigenvalue weighted by Gasteiger charge is -1.96. The fraction of sp³-hybridized carbons (Fsp3) is 0.750. The molecule has 52 valence electrons. The van der Waals surface area contributed by atoms with Crippen molar-refractivity contribution in [2.75, 3.05) is 0 Å². The molecule has 9 heavy (non-hydrogen) atoms. The number of hydrogen-bond donors (Lipinski definition) is 0. The van der Waals surface area contributed by atoms with Crippen LogP contribution in [0.25, 0.3) is 0 Å². The Balaban J connectivity index is 2.98. The van der Waals surface area contributed by atoms with Gasteiger partial charge in [0.2, 0.25) is 0 Å². The molecule has 0 aliphatic heterocycles. The van der Waals surface area contributed by atoms with Gasteiger partial charge in [-0.1, -0.05) is 0 Å². The van der Waals surface area contributed by atoms with Gasteiger partial charge < -0.3 is 0 Å². The molecule has 0 aromatic rings. The zero-order valence-corrected chi connectivity index (χ0v) is 6.83. The number of alkyl halides is 1. The second-order valence-corrected chi connectivity index (χ2v) is 2.84. The molecule has 0 N–H and O–H groups in total. The highest BCUT2D eigenvalue weighted by molar-refractivity contribution is 6.20. The molecule has 0 saturated carbocycles. The third kappa shape index (κ3) is 7.85. The van der Waals surface area contributed by atoms with E-state index in [2.05, 4.69) is 11.8 Å². The first-order valence-corrected chi connectivity index (χ1v) is 3.74. The van der Waals surface area contributed by atoms with Crippen molar-refractivity contribution in [1.82, 2.24) is 0 Å². The second kappa shape index (κ2) is 5.98. The maximum atomic E-state index is 5.71. The topological polar surface area (TPSA) is 0 Å². The highest BCUT2D eigenvalue weighted by atomic mass is 35.5. The summed E-state index contributed by atoms with van der Waals surface area (Å²) in [5, 5.41) is 0.309. The maximum Gasteiger partial charge on any atom is 0.0308 e. The van der Waals surface area contributed by atoms with Crippen LogP contribution < -0.4 is 0 Å². The molecule has 0 aromatic heterocycles. The Bertz CT molecular complexity index is 105. The third-order valence-corrected chi connectivity index (χ3v) is 1.30. The highest BCUT2D eigenvalue weighted by Crippen LogP contribution is 2.04. The monoisotopic (exact) mass is 144 g/mol. The van der Waals surface area contributed by atoms with Crippen LogP contribution in [0, 0.1) is 11.8 Å². The number of halogens is 1. The van der Waals surface area contributed by atoms with Crippen LogP contribution in [-0.4, -0.2) is 5.38 Å². The minimum atomic E-state index is 0.309. The lowest BCUT2D eigenvalue weighted by atomic mass is 10.2. The SMILES string of the molecule is CC#CCCCC(C)Cl. The number of unbranched alkanes of at least 4 members (excludes halogenated alkanes) is 1. The summed E-state index contributed by atoms with van der Waals surface area (Å²) in [5.41, 5.74) is 0. The fourth-order valence-electron chi connectivity index (χ4n) is 0.597. The smallest absolute Gasteiger partial charge is 0.0308 e. The first-order chi connectivity index (χ1) is 4.27. The normalized spacial score (nSPS) is 11.9. The van der Waals surface area contributed by atoms with Gasteiger partial charge in [0.1, 0.15) is 0 Å². The molecule has 0 fully saturated rings. The molecule has 0 aliphatic carbocycles. The molecule has 0 heterocycles. The van der Waals surface area contributed by atoms with Gasteiger partial charge in [-0.05, 0) is 26.7 Å². The highest BCUT2D eigenvalue weighted by Gasteiger charge is 1.92. The molecule has 0 nitrogen and oxygen atoms in total. The molecule has 1 atom stereocenters. The van der Waals surface area contributed by atoms with Crippen LogP contribution >= 0.6 is 11.6 Å². The van der Waals surface area contributed by atoms with E-state index in [0.717, 1.165) is 19.3 Å². The zero-order chi connectivity index (χ0) is 7.11. The summed E-state index contributed by atoms with van der Waals surface area (Å²) < 4.78 is 0. The van der Waals surface area contributed by atoms with E-state index in [1.807, 2.05) is 13.8 Å². The van der Waals surface area contributed by atoms with Crippen molar-refractivity contribution in [2.45, 2.75) is 38.5 Å². The Kier molecular flexibility index (Phi) is 5.88. The van der Waals surface area contributed by atoms with Gasteiger partial charge in [0.15, 0.2) is 0 Å². The lowest BCUT2D eigenvalue weighted by molar-refractivity contribution is 0.744. The number of rotatable bonds is 3. The maximum absolute atomic E-state index is 5.71. The molecular weight excluding hydrogens is 132 g/mol. The molecule has 0 bridgehead atoms. The quantitative estimate of drug-likeness (QED) is 0.325. The van der Waals surface area contributed by atoms with Gasteiger partial charge in [0, 0.05) is 11.8 Å². The number of hydrogen-bond acceptors (Lipinski definition) is 0. The molecular formula is C8H13Cl. The molecule has 0 radical (unpaired) electrons. The first kappa shape index (κ1) is 8.85. The summed E-state index contributed by atoms with van der Waals surface area (Å²) in [6, 6.07) is 0. The summed E-state index contributed by atoms with van der Waals surface area (Å²) in [7, 11) is 0. The van der Waals surface area contributed by atoms with Crippen molar-refractivity contribution in [2.24, 2.45) is 0 Å². The van der Waals surface area contributed by atoms with Crippen molar-refractivity contribution >= 4 is 11.6 Å².